The molecule has 0 aliphatic heterocycles. The van der Waals surface area contributed by atoms with E-state index in [2.05, 4.69) is 6.58 Å². The molecule has 0 rings (SSSR count). The lowest BCUT2D eigenvalue weighted by Crippen LogP contribution is -1.99. The van der Waals surface area contributed by atoms with E-state index in [0.717, 1.165) is 6.42 Å². The van der Waals surface area contributed by atoms with Crippen LogP contribution in [0.3, 0.4) is 0 Å². The molecule has 0 aromatic rings. The van der Waals surface area contributed by atoms with Crippen molar-refractivity contribution in [2.24, 2.45) is 5.92 Å². The number of aliphatic hydroxyl groups excluding tert-OH is 2. The van der Waals surface area contributed by atoms with Gasteiger partial charge in [-0.15, -0.1) is 6.58 Å². The van der Waals surface area contributed by atoms with Crippen LogP contribution in [-0.2, 0) is 0 Å². The van der Waals surface area contributed by atoms with E-state index >= 15 is 0 Å². The molecule has 2 nitrogen and oxygen atoms in total. The van der Waals surface area contributed by atoms with Gasteiger partial charge < -0.3 is 10.2 Å². The maximum atomic E-state index is 8.66. The Balaban J connectivity index is 3.43. The third-order valence-electron chi connectivity index (χ3n) is 1.28. The van der Waals surface area contributed by atoms with Crippen molar-refractivity contribution in [1.82, 2.24) is 0 Å². The van der Waals surface area contributed by atoms with Gasteiger partial charge in [0, 0.05) is 12.5 Å². The zero-order valence-electron chi connectivity index (χ0n) is 6.03. The van der Waals surface area contributed by atoms with Crippen LogP contribution in [0.25, 0.3) is 0 Å². The lowest BCUT2D eigenvalue weighted by atomic mass is 10.1. The van der Waals surface area contributed by atoms with Crippen LogP contribution in [0.4, 0.5) is 0 Å². The van der Waals surface area contributed by atoms with E-state index < -0.39 is 0 Å². The van der Waals surface area contributed by atoms with Crippen LogP contribution >= 0.6 is 0 Å². The van der Waals surface area contributed by atoms with Gasteiger partial charge in [-0.1, -0.05) is 18.2 Å². The van der Waals surface area contributed by atoms with E-state index in [1.165, 1.54) is 0 Å². The van der Waals surface area contributed by atoms with Gasteiger partial charge in [0.05, 0.1) is 6.61 Å². The van der Waals surface area contributed by atoms with Gasteiger partial charge in [-0.2, -0.15) is 0 Å². The van der Waals surface area contributed by atoms with E-state index in [-0.39, 0.29) is 19.1 Å². The van der Waals surface area contributed by atoms with Gasteiger partial charge in [-0.05, 0) is 6.42 Å². The number of rotatable bonds is 5. The summed E-state index contributed by atoms with van der Waals surface area (Å²) in [5.74, 6) is 0.128. The molecule has 0 fully saturated rings. The Morgan fingerprint density at radius 1 is 1.30 bits per heavy atom. The highest BCUT2D eigenvalue weighted by Crippen LogP contribution is 2.02. The second kappa shape index (κ2) is 6.52. The molecule has 0 bridgehead atoms. The number of hydrogen-bond donors (Lipinski definition) is 2. The summed E-state index contributed by atoms with van der Waals surface area (Å²) in [6, 6.07) is 0. The molecule has 58 valence electrons. The first kappa shape index (κ1) is 9.40. The van der Waals surface area contributed by atoms with Crippen molar-refractivity contribution >= 4 is 0 Å². The summed E-state index contributed by atoms with van der Waals surface area (Å²) in [6.45, 7) is 3.74. The first-order valence-corrected chi connectivity index (χ1v) is 3.34. The van der Waals surface area contributed by atoms with Crippen LogP contribution in [0.2, 0.25) is 0 Å². The van der Waals surface area contributed by atoms with Crippen molar-refractivity contribution in [1.29, 1.82) is 0 Å². The van der Waals surface area contributed by atoms with Crippen LogP contribution in [0.15, 0.2) is 24.8 Å². The smallest absolute Gasteiger partial charge is 0.0612 e. The Hall–Kier alpha value is -0.600. The molecule has 10 heavy (non-hydrogen) atoms. The maximum absolute atomic E-state index is 8.66. The van der Waals surface area contributed by atoms with Crippen LogP contribution in [-0.4, -0.2) is 23.4 Å². The zero-order valence-corrected chi connectivity index (χ0v) is 6.03. The highest BCUT2D eigenvalue weighted by atomic mass is 16.3. The van der Waals surface area contributed by atoms with Crippen LogP contribution in [0.5, 0.6) is 0 Å². The minimum absolute atomic E-state index is 0.0648. The number of allylic oxidation sites excluding steroid dienone is 1. The summed E-state index contributed by atoms with van der Waals surface area (Å²) in [5, 5.41) is 17.0. The average Bonchev–Trinajstić information content (AvgIpc) is 1.99. The molecule has 0 heterocycles. The molecule has 0 saturated heterocycles. The van der Waals surface area contributed by atoms with Crippen molar-refractivity contribution in [2.45, 2.75) is 6.42 Å². The fraction of sp³-hybridized carbons (Fsp3) is 0.500. The SMILES string of the molecule is C=CC(CO)C/C=C/CO. The Bertz CT molecular complexity index is 108. The first-order valence-electron chi connectivity index (χ1n) is 3.34. The van der Waals surface area contributed by atoms with Gasteiger partial charge in [0.2, 0.25) is 0 Å². The summed E-state index contributed by atoms with van der Waals surface area (Å²) in [4.78, 5) is 0. The molecule has 0 spiro atoms. The van der Waals surface area contributed by atoms with Gasteiger partial charge >= 0.3 is 0 Å². The third kappa shape index (κ3) is 4.30. The van der Waals surface area contributed by atoms with Crippen molar-refractivity contribution < 1.29 is 10.2 Å². The van der Waals surface area contributed by atoms with Crippen molar-refractivity contribution in [3.05, 3.63) is 24.8 Å². The fourth-order valence-electron chi connectivity index (χ4n) is 0.591. The largest absolute Gasteiger partial charge is 0.396 e. The first-order chi connectivity index (χ1) is 4.85. The molecule has 2 heteroatoms. The highest BCUT2D eigenvalue weighted by Gasteiger charge is 1.96. The second-order valence-corrected chi connectivity index (χ2v) is 2.07. The van der Waals surface area contributed by atoms with Gasteiger partial charge in [-0.25, -0.2) is 0 Å². The summed E-state index contributed by atoms with van der Waals surface area (Å²) < 4.78 is 0. The molecule has 0 aromatic heterocycles. The quantitative estimate of drug-likeness (QED) is 0.555. The fourth-order valence-corrected chi connectivity index (χ4v) is 0.591. The topological polar surface area (TPSA) is 40.5 Å². The normalized spacial score (nSPS) is 13.8. The Kier molecular flexibility index (Phi) is 6.13. The summed E-state index contributed by atoms with van der Waals surface area (Å²) >= 11 is 0. The molecule has 0 saturated carbocycles. The molecule has 0 amide bonds. The zero-order chi connectivity index (χ0) is 7.82. The molecule has 0 radical (unpaired) electrons. The molecule has 0 aliphatic rings. The predicted octanol–water partition coefficient (Wildman–Crippen LogP) is 0.719. The van der Waals surface area contributed by atoms with Gasteiger partial charge in [0.25, 0.3) is 0 Å². The third-order valence-corrected chi connectivity index (χ3v) is 1.28. The highest BCUT2D eigenvalue weighted by molar-refractivity contribution is 4.89. The molecule has 2 N–H and O–H groups in total. The molecule has 1 unspecified atom stereocenters. The molecule has 0 aliphatic carbocycles. The number of hydrogen-bond acceptors (Lipinski definition) is 2. The van der Waals surface area contributed by atoms with Crippen LogP contribution in [0.1, 0.15) is 6.42 Å². The van der Waals surface area contributed by atoms with Crippen molar-refractivity contribution in [2.75, 3.05) is 13.2 Å². The van der Waals surface area contributed by atoms with E-state index in [0.29, 0.717) is 0 Å². The monoisotopic (exact) mass is 142 g/mol. The predicted molar refractivity (Wildman–Crippen MR) is 41.6 cm³/mol. The minimum Gasteiger partial charge on any atom is -0.396 e. The Morgan fingerprint density at radius 3 is 2.40 bits per heavy atom. The Morgan fingerprint density at radius 2 is 2.00 bits per heavy atom. The second-order valence-electron chi connectivity index (χ2n) is 2.07. The standard InChI is InChI=1S/C8H14O2/c1-2-8(7-10)5-3-4-6-9/h2-4,8-10H,1,5-7H2/b4-3+. The van der Waals surface area contributed by atoms with E-state index in [1.54, 1.807) is 12.2 Å². The molecular weight excluding hydrogens is 128 g/mol. The van der Waals surface area contributed by atoms with Gasteiger partial charge in [0.1, 0.15) is 0 Å². The van der Waals surface area contributed by atoms with Crippen LogP contribution < -0.4 is 0 Å². The van der Waals surface area contributed by atoms with Gasteiger partial charge in [-0.3, -0.25) is 0 Å². The van der Waals surface area contributed by atoms with Gasteiger partial charge in [0.15, 0.2) is 0 Å². The molecule has 1 atom stereocenters. The summed E-state index contributed by atoms with van der Waals surface area (Å²) in [6.07, 6.45) is 5.96. The van der Waals surface area contributed by atoms with E-state index in [4.69, 9.17) is 10.2 Å². The summed E-state index contributed by atoms with van der Waals surface area (Å²) in [5.41, 5.74) is 0. The Labute approximate surface area is 61.5 Å². The van der Waals surface area contributed by atoms with Crippen molar-refractivity contribution in [3.63, 3.8) is 0 Å². The minimum atomic E-state index is 0.0648. The molecule has 0 aromatic carbocycles. The summed E-state index contributed by atoms with van der Waals surface area (Å²) in [7, 11) is 0. The van der Waals surface area contributed by atoms with Crippen molar-refractivity contribution in [3.8, 4) is 0 Å². The maximum Gasteiger partial charge on any atom is 0.0612 e. The number of aliphatic hydroxyl groups is 2. The molecular formula is C8H14O2. The van der Waals surface area contributed by atoms with E-state index in [1.807, 2.05) is 6.08 Å². The average molecular weight is 142 g/mol. The van der Waals surface area contributed by atoms with E-state index in [9.17, 15) is 0 Å². The van der Waals surface area contributed by atoms with Crippen LogP contribution in [0, 0.1) is 5.92 Å². The lowest BCUT2D eigenvalue weighted by molar-refractivity contribution is 0.253. The lowest BCUT2D eigenvalue weighted by Gasteiger charge is -2.02.